The first-order valence-corrected chi connectivity index (χ1v) is 25.4. The SMILES string of the molecule is c1ccc(-c2cc3c4c(c2)B2c5sc6c7c5N(c5ccccc5N7c5cccc7c5B6c5ccc(-c6ccccc6)c6c5N7c5ccccc5S6)c5cccc(c52)N4c2ccccc2S3)cc1. The number of hydrogen-bond donors (Lipinski definition) is 0. The van der Waals surface area contributed by atoms with Gasteiger partial charge >= 0.3 is 0 Å². The number of hydrogen-bond acceptors (Lipinski definition) is 7. The molecule has 0 aliphatic carbocycles. The normalized spacial score (nSPS) is 14.9. The molecule has 0 fully saturated rings. The van der Waals surface area contributed by atoms with E-state index in [9.17, 15) is 0 Å². The molecule has 0 saturated carbocycles. The largest absolute Gasteiger partial charge is 0.309 e. The van der Waals surface area contributed by atoms with Gasteiger partial charge in [0.05, 0.1) is 45.5 Å². The van der Waals surface area contributed by atoms with Gasteiger partial charge in [-0.2, -0.15) is 11.3 Å². The van der Waals surface area contributed by atoms with E-state index in [-0.39, 0.29) is 13.4 Å². The molecule has 308 valence electrons. The summed E-state index contributed by atoms with van der Waals surface area (Å²) in [6, 6.07) is 73.1. The van der Waals surface area contributed by atoms with Crippen LogP contribution in [0.4, 0.5) is 68.2 Å². The second-order valence-electron chi connectivity index (χ2n) is 18.3. The molecule has 0 N–H and O–H groups in total. The smallest absolute Gasteiger partial charge is 0.264 e. The van der Waals surface area contributed by atoms with Crippen LogP contribution >= 0.6 is 34.9 Å². The van der Waals surface area contributed by atoms with Crippen molar-refractivity contribution in [1.82, 2.24) is 0 Å². The molecule has 1 aromatic heterocycles. The van der Waals surface area contributed by atoms with E-state index < -0.39 is 0 Å². The van der Waals surface area contributed by atoms with E-state index in [4.69, 9.17) is 0 Å². The molecule has 4 nitrogen and oxygen atoms in total. The number of anilines is 12. The maximum absolute atomic E-state index is 2.65. The van der Waals surface area contributed by atoms with Crippen LogP contribution in [0, 0.1) is 0 Å². The van der Waals surface area contributed by atoms with Gasteiger partial charge in [-0.3, -0.25) is 0 Å². The molecule has 7 aliphatic heterocycles. The fourth-order valence-corrected chi connectivity index (χ4v) is 16.5. The van der Waals surface area contributed by atoms with Crippen molar-refractivity contribution in [3.8, 4) is 22.3 Å². The fraction of sp³-hybridized carbons (Fsp3) is 0. The summed E-state index contributed by atoms with van der Waals surface area (Å²) in [6.45, 7) is 0.0645. The Morgan fingerprint density at radius 1 is 0.313 bits per heavy atom. The van der Waals surface area contributed by atoms with Gasteiger partial charge in [-0.25, -0.2) is 0 Å². The zero-order valence-corrected chi connectivity index (χ0v) is 38.1. The van der Waals surface area contributed by atoms with Crippen molar-refractivity contribution in [2.45, 2.75) is 19.6 Å². The summed E-state index contributed by atoms with van der Waals surface area (Å²) >= 11 is 5.91. The number of rotatable bonds is 2. The van der Waals surface area contributed by atoms with Gasteiger partial charge in [0.1, 0.15) is 0 Å². The molecule has 8 heterocycles. The van der Waals surface area contributed by atoms with Crippen LogP contribution in [0.25, 0.3) is 22.3 Å². The van der Waals surface area contributed by atoms with E-state index in [1.165, 1.54) is 141 Å². The van der Waals surface area contributed by atoms with Gasteiger partial charge in [-0.05, 0) is 111 Å². The van der Waals surface area contributed by atoms with Gasteiger partial charge in [-0.15, -0.1) is 0 Å². The van der Waals surface area contributed by atoms with Crippen molar-refractivity contribution < 1.29 is 0 Å². The average molecular weight is 903 g/mol. The molecule has 0 unspecified atom stereocenters. The quantitative estimate of drug-likeness (QED) is 0.159. The van der Waals surface area contributed by atoms with Crippen molar-refractivity contribution in [3.05, 3.63) is 194 Å². The van der Waals surface area contributed by atoms with Gasteiger partial charge < -0.3 is 19.6 Å². The standard InChI is InChI=1S/C58H32B2N4S3/c1-3-15-33(16-4-1)35-31-38-52-49(32-35)65-47-27-11-9-21-41(47)63(52)45-25-13-24-44-51(45)60(38)58-55-54-57(67-58)59-37-30-29-36(34-17-5-2-6-18-34)56-53(37)64(42-22-10-12-28-48(42)66-56)46-26-14-23-43(50(46)59)61(54)39-19-7-8-20-40(39)62(44)55/h1-32H. The Kier molecular flexibility index (Phi) is 6.85. The molecule has 17 rings (SSSR count). The van der Waals surface area contributed by atoms with Crippen LogP contribution in [0.15, 0.2) is 214 Å². The van der Waals surface area contributed by atoms with Crippen LogP contribution in [0.5, 0.6) is 0 Å². The number of para-hydroxylation sites is 4. The molecule has 0 amide bonds. The fourth-order valence-electron chi connectivity index (χ4n) is 12.6. The molecule has 10 aromatic rings. The second-order valence-corrected chi connectivity index (χ2v) is 21.5. The minimum absolute atomic E-state index is 0.0270. The summed E-state index contributed by atoms with van der Waals surface area (Å²) in [6.07, 6.45) is 0. The first-order valence-electron chi connectivity index (χ1n) is 23.0. The first kappa shape index (κ1) is 35.9. The van der Waals surface area contributed by atoms with Crippen LogP contribution in [0.3, 0.4) is 0 Å². The van der Waals surface area contributed by atoms with Crippen LogP contribution in [0.1, 0.15) is 0 Å². The lowest BCUT2D eigenvalue weighted by molar-refractivity contribution is 1.15. The Bertz CT molecular complexity index is 3890. The zero-order chi connectivity index (χ0) is 43.2. The van der Waals surface area contributed by atoms with Crippen molar-refractivity contribution in [1.29, 1.82) is 0 Å². The highest BCUT2D eigenvalue weighted by Gasteiger charge is 2.55. The highest BCUT2D eigenvalue weighted by molar-refractivity contribution is 8.00. The van der Waals surface area contributed by atoms with Gasteiger partial charge in [0.25, 0.3) is 13.4 Å². The molecule has 67 heavy (non-hydrogen) atoms. The van der Waals surface area contributed by atoms with Crippen molar-refractivity contribution in [3.63, 3.8) is 0 Å². The number of nitrogens with zero attached hydrogens (tertiary/aromatic N) is 4. The minimum Gasteiger partial charge on any atom is -0.309 e. The molecule has 9 heteroatoms. The highest BCUT2D eigenvalue weighted by Crippen LogP contribution is 2.61. The Hall–Kier alpha value is -7.29. The maximum atomic E-state index is 2.65. The van der Waals surface area contributed by atoms with Crippen molar-refractivity contribution in [2.24, 2.45) is 0 Å². The Labute approximate surface area is 400 Å². The summed E-state index contributed by atoms with van der Waals surface area (Å²) in [4.78, 5) is 15.7. The van der Waals surface area contributed by atoms with E-state index in [2.05, 4.69) is 225 Å². The third kappa shape index (κ3) is 4.42. The lowest BCUT2D eigenvalue weighted by atomic mass is 9.35. The van der Waals surface area contributed by atoms with E-state index in [0.29, 0.717) is 0 Å². The van der Waals surface area contributed by atoms with Gasteiger partial charge in [0, 0.05) is 51.9 Å². The number of fused-ring (bicyclic) bond motifs is 15. The van der Waals surface area contributed by atoms with Crippen LogP contribution < -0.4 is 51.0 Å². The summed E-state index contributed by atoms with van der Waals surface area (Å²) in [5.74, 6) is 0. The molecule has 0 spiro atoms. The first-order chi connectivity index (χ1) is 33.3. The van der Waals surface area contributed by atoms with Gasteiger partial charge in [0.15, 0.2) is 0 Å². The molecule has 0 radical (unpaired) electrons. The minimum atomic E-state index is 0.0270. The second kappa shape index (κ2) is 12.8. The van der Waals surface area contributed by atoms with E-state index >= 15 is 0 Å². The lowest BCUT2D eigenvalue weighted by Gasteiger charge is -2.50. The van der Waals surface area contributed by atoms with Crippen LogP contribution in [-0.2, 0) is 0 Å². The van der Waals surface area contributed by atoms with Crippen LogP contribution in [0.2, 0.25) is 0 Å². The number of benzene rings is 9. The Morgan fingerprint density at radius 2 is 0.791 bits per heavy atom. The lowest BCUT2D eigenvalue weighted by Crippen LogP contribution is -2.61. The highest BCUT2D eigenvalue weighted by atomic mass is 32.2. The maximum Gasteiger partial charge on any atom is 0.264 e. The molecule has 0 atom stereocenters. The average Bonchev–Trinajstić information content (AvgIpc) is 3.78. The summed E-state index contributed by atoms with van der Waals surface area (Å²) < 4.78 is 2.85. The molecular weight excluding hydrogens is 870 g/mol. The molecule has 9 aromatic carbocycles. The molecule has 0 saturated heterocycles. The van der Waals surface area contributed by atoms with Crippen LogP contribution in [-0.4, -0.2) is 13.4 Å². The molecule has 7 aliphatic rings. The third-order valence-corrected chi connectivity index (χ3v) is 18.7. The predicted molar refractivity (Wildman–Crippen MR) is 285 cm³/mol. The summed E-state index contributed by atoms with van der Waals surface area (Å²) in [5, 5.41) is 0. The van der Waals surface area contributed by atoms with E-state index in [0.717, 1.165) is 0 Å². The zero-order valence-electron chi connectivity index (χ0n) is 35.6. The molecule has 0 bridgehead atoms. The van der Waals surface area contributed by atoms with Crippen molar-refractivity contribution >= 4 is 148 Å². The Balaban J connectivity index is 0.987. The number of thiophene rings is 1. The van der Waals surface area contributed by atoms with E-state index in [1.54, 1.807) is 0 Å². The molecular formula is C58H32B2N4S3. The summed E-state index contributed by atoms with van der Waals surface area (Å²) in [5.41, 5.74) is 25.9. The third-order valence-electron chi connectivity index (χ3n) is 15.1. The van der Waals surface area contributed by atoms with Gasteiger partial charge in [-0.1, -0.05) is 151 Å². The Morgan fingerprint density at radius 3 is 1.40 bits per heavy atom. The van der Waals surface area contributed by atoms with Crippen molar-refractivity contribution in [2.75, 3.05) is 19.6 Å². The summed E-state index contributed by atoms with van der Waals surface area (Å²) in [7, 11) is 0. The van der Waals surface area contributed by atoms with Gasteiger partial charge in [0.2, 0.25) is 0 Å². The van der Waals surface area contributed by atoms with E-state index in [1.807, 2.05) is 23.5 Å². The topological polar surface area (TPSA) is 13.0 Å². The monoisotopic (exact) mass is 902 g/mol. The predicted octanol–water partition coefficient (Wildman–Crippen LogP) is 12.5.